The minimum absolute atomic E-state index is 0.261. The number of pyridine rings is 6. The SMILES string of the molecule is CC1(C)[C@@H]2C[C@H]1[C@H](CCOCCOCc1cc(COCCOCC[C@@H]3c4cc(-c5ccccn5)ncc4[C@H]4C[C@@H]3C4(C)C)cc(COCCOCC[C@@H]3c4cc(-c5ccccn5)ncc4[C@H]4C[C@@H]3C4(C)C)c1)c1cc(-c3ccccn3)ncc12. The summed E-state index contributed by atoms with van der Waals surface area (Å²) < 4.78 is 37.9. The Labute approximate surface area is 497 Å². The van der Waals surface area contributed by atoms with E-state index in [1.165, 1.54) is 52.6 Å². The Bertz CT molecular complexity index is 3030. The van der Waals surface area contributed by atoms with Crippen LogP contribution < -0.4 is 0 Å². The average molecular weight is 1130 g/mol. The lowest BCUT2D eigenvalue weighted by Crippen LogP contribution is -2.50. The van der Waals surface area contributed by atoms with Gasteiger partial charge in [-0.1, -0.05) is 77.9 Å². The second-order valence-corrected chi connectivity index (χ2v) is 26.7. The molecule has 7 aromatic rings. The van der Waals surface area contributed by atoms with Crippen LogP contribution in [0.4, 0.5) is 0 Å². The van der Waals surface area contributed by atoms with Crippen molar-refractivity contribution in [3.05, 3.63) is 178 Å². The molecule has 438 valence electrons. The summed E-state index contributed by atoms with van der Waals surface area (Å²) in [5.74, 6) is 4.87. The first-order valence-electron chi connectivity index (χ1n) is 31.3. The van der Waals surface area contributed by atoms with Crippen LogP contribution in [-0.4, -0.2) is 89.4 Å². The van der Waals surface area contributed by atoms with E-state index in [-0.39, 0.29) is 16.2 Å². The molecule has 0 saturated heterocycles. The zero-order chi connectivity index (χ0) is 57.4. The van der Waals surface area contributed by atoms with E-state index in [9.17, 15) is 0 Å². The average Bonchev–Trinajstić information content (AvgIpc) is 0.778. The first-order chi connectivity index (χ1) is 40.9. The molecular weight excluding hydrogens is 1040 g/mol. The quantitative estimate of drug-likeness (QED) is 0.0454. The molecule has 12 nitrogen and oxygen atoms in total. The zero-order valence-electron chi connectivity index (χ0n) is 50.2. The predicted octanol–water partition coefficient (Wildman–Crippen LogP) is 14.6. The molecule has 9 aliphatic carbocycles. The second kappa shape index (κ2) is 24.3. The molecule has 3 fully saturated rings. The second-order valence-electron chi connectivity index (χ2n) is 26.7. The molecule has 0 aliphatic heterocycles. The molecule has 0 radical (unpaired) electrons. The van der Waals surface area contributed by atoms with Gasteiger partial charge in [0.1, 0.15) is 0 Å². The molecule has 0 amide bonds. The van der Waals surface area contributed by atoms with E-state index >= 15 is 0 Å². The van der Waals surface area contributed by atoms with Crippen LogP contribution in [0.2, 0.25) is 0 Å². The van der Waals surface area contributed by atoms with Crippen LogP contribution in [0, 0.1) is 34.0 Å². The third-order valence-electron chi connectivity index (χ3n) is 21.3. The van der Waals surface area contributed by atoms with Crippen molar-refractivity contribution in [3.63, 3.8) is 0 Å². The summed E-state index contributed by atoms with van der Waals surface area (Å²) in [6.07, 6.45) is 18.5. The van der Waals surface area contributed by atoms with Crippen molar-refractivity contribution in [2.24, 2.45) is 34.0 Å². The fourth-order valence-electron chi connectivity index (χ4n) is 16.4. The lowest BCUT2D eigenvalue weighted by Gasteiger charge is -2.60. The van der Waals surface area contributed by atoms with E-state index in [4.69, 9.17) is 43.4 Å². The van der Waals surface area contributed by atoms with Crippen molar-refractivity contribution in [1.82, 2.24) is 29.9 Å². The van der Waals surface area contributed by atoms with Gasteiger partial charge in [0, 0.05) is 57.0 Å². The van der Waals surface area contributed by atoms with E-state index in [1.807, 2.05) is 73.2 Å². The fourth-order valence-corrected chi connectivity index (χ4v) is 16.4. The number of nitrogens with zero attached hydrogens (tertiary/aromatic N) is 6. The normalized spacial score (nSPS) is 24.9. The molecule has 0 spiro atoms. The van der Waals surface area contributed by atoms with Gasteiger partial charge >= 0.3 is 0 Å². The molecule has 6 aromatic heterocycles. The summed E-state index contributed by atoms with van der Waals surface area (Å²) in [6.45, 7) is 21.2. The van der Waals surface area contributed by atoms with Gasteiger partial charge in [-0.15, -0.1) is 0 Å². The van der Waals surface area contributed by atoms with E-state index in [0.29, 0.717) is 133 Å². The number of rotatable bonds is 27. The molecule has 1 aromatic carbocycles. The van der Waals surface area contributed by atoms with Crippen molar-refractivity contribution in [3.8, 4) is 34.2 Å². The molecule has 6 bridgehead atoms. The van der Waals surface area contributed by atoms with Crippen LogP contribution in [-0.2, 0) is 48.2 Å². The highest BCUT2D eigenvalue weighted by Gasteiger charge is 2.59. The van der Waals surface area contributed by atoms with E-state index < -0.39 is 0 Å². The predicted molar refractivity (Wildman–Crippen MR) is 326 cm³/mol. The Morgan fingerprint density at radius 2 is 0.631 bits per heavy atom. The van der Waals surface area contributed by atoms with Crippen molar-refractivity contribution in [1.29, 1.82) is 0 Å². The molecule has 12 heteroatoms. The number of hydrogen-bond donors (Lipinski definition) is 0. The van der Waals surface area contributed by atoms with Crippen molar-refractivity contribution < 1.29 is 28.4 Å². The Hall–Kier alpha value is -6.12. The Morgan fingerprint density at radius 1 is 0.333 bits per heavy atom. The maximum absolute atomic E-state index is 6.32. The minimum Gasteiger partial charge on any atom is -0.379 e. The summed E-state index contributed by atoms with van der Waals surface area (Å²) in [4.78, 5) is 28.5. The molecule has 0 unspecified atom stereocenters. The van der Waals surface area contributed by atoms with Crippen molar-refractivity contribution in [2.45, 2.75) is 135 Å². The van der Waals surface area contributed by atoms with Crippen molar-refractivity contribution >= 4 is 0 Å². The highest BCUT2D eigenvalue weighted by molar-refractivity contribution is 5.60. The summed E-state index contributed by atoms with van der Waals surface area (Å²) in [7, 11) is 0. The molecule has 9 aliphatic rings. The number of aromatic nitrogens is 6. The Morgan fingerprint density at radius 3 is 0.905 bits per heavy atom. The molecule has 9 atom stereocenters. The first kappa shape index (κ1) is 57.0. The lowest BCUT2D eigenvalue weighted by atomic mass is 9.44. The fraction of sp³-hybridized carbons (Fsp3) is 0.500. The summed E-state index contributed by atoms with van der Waals surface area (Å²) in [5, 5.41) is 0. The molecule has 0 N–H and O–H groups in total. The topological polar surface area (TPSA) is 133 Å². The monoisotopic (exact) mass is 1130 g/mol. The van der Waals surface area contributed by atoms with E-state index in [1.54, 1.807) is 0 Å². The van der Waals surface area contributed by atoms with E-state index in [0.717, 1.165) is 70.1 Å². The molecule has 3 saturated carbocycles. The maximum Gasteiger partial charge on any atom is 0.0889 e. The summed E-state index contributed by atoms with van der Waals surface area (Å²) in [5.41, 5.74) is 18.2. The van der Waals surface area contributed by atoms with Crippen molar-refractivity contribution in [2.75, 3.05) is 59.5 Å². The maximum atomic E-state index is 6.32. The number of benzene rings is 1. The Balaban J connectivity index is 0.597. The van der Waals surface area contributed by atoms with Gasteiger partial charge in [-0.05, 0) is 213 Å². The third-order valence-corrected chi connectivity index (χ3v) is 21.3. The number of ether oxygens (including phenoxy) is 6. The summed E-state index contributed by atoms with van der Waals surface area (Å²) in [6, 6.07) is 31.6. The van der Waals surface area contributed by atoms with Crippen LogP contribution >= 0.6 is 0 Å². The van der Waals surface area contributed by atoms with Gasteiger partial charge in [0.15, 0.2) is 0 Å². The van der Waals surface area contributed by atoms with Gasteiger partial charge in [0.25, 0.3) is 0 Å². The minimum atomic E-state index is 0.261. The Kier molecular flexibility index (Phi) is 16.5. The third kappa shape index (κ3) is 11.2. The highest BCUT2D eigenvalue weighted by Crippen LogP contribution is 2.69. The van der Waals surface area contributed by atoms with Gasteiger partial charge in [-0.2, -0.15) is 0 Å². The van der Waals surface area contributed by atoms with Gasteiger partial charge < -0.3 is 28.4 Å². The number of hydrogen-bond acceptors (Lipinski definition) is 12. The van der Waals surface area contributed by atoms with E-state index in [2.05, 4.69) is 111 Å². The highest BCUT2D eigenvalue weighted by atomic mass is 16.5. The van der Waals surface area contributed by atoms with Crippen LogP contribution in [0.25, 0.3) is 34.2 Å². The van der Waals surface area contributed by atoms with Gasteiger partial charge in [0.05, 0.1) is 93.6 Å². The van der Waals surface area contributed by atoms with Crippen LogP contribution in [0.15, 0.2) is 128 Å². The molecule has 84 heavy (non-hydrogen) atoms. The van der Waals surface area contributed by atoms with Crippen LogP contribution in [0.3, 0.4) is 0 Å². The molecular formula is C72H84N6O6. The summed E-state index contributed by atoms with van der Waals surface area (Å²) >= 11 is 0. The van der Waals surface area contributed by atoms with Gasteiger partial charge in [-0.3, -0.25) is 29.9 Å². The first-order valence-corrected chi connectivity index (χ1v) is 31.3. The van der Waals surface area contributed by atoms with Gasteiger partial charge in [0.2, 0.25) is 0 Å². The van der Waals surface area contributed by atoms with Crippen LogP contribution in [0.1, 0.15) is 166 Å². The smallest absolute Gasteiger partial charge is 0.0889 e. The van der Waals surface area contributed by atoms with Crippen LogP contribution in [0.5, 0.6) is 0 Å². The largest absolute Gasteiger partial charge is 0.379 e. The molecule has 6 heterocycles. The lowest BCUT2D eigenvalue weighted by molar-refractivity contribution is -0.0198. The standard InChI is InChI=1S/C72H84N6O6/c1-70(2)58-37-61(70)55-40-76-67(64-13-7-10-19-73-64)34-52(55)49(58)16-22-79-25-28-82-43-46-31-47(44-83-29-26-80-23-17-50-53-35-68(65-14-8-11-20-74-65)77-41-56(53)62-38-59(50)71(62,3)4)33-48(32-46)45-84-30-27-81-24-18-51-54-36-69(66-15-9-12-21-75-66)78-42-57(54)63-39-60(51)72(63,5)6/h7-15,19-21,31-36,40-42,49-51,58-63H,16-18,22-30,37-39,43-45H2,1-6H3/t49-,50-,51-,58+,59+,60+,61-,62-,63-/m1/s1. The molecule has 16 rings (SSSR count). The zero-order valence-corrected chi connectivity index (χ0v) is 50.2. The van der Waals surface area contributed by atoms with Gasteiger partial charge in [-0.25, -0.2) is 0 Å².